The highest BCUT2D eigenvalue weighted by Crippen LogP contribution is 2.25. The van der Waals surface area contributed by atoms with Gasteiger partial charge < -0.3 is 4.42 Å². The van der Waals surface area contributed by atoms with Crippen LogP contribution in [0.1, 0.15) is 31.1 Å². The van der Waals surface area contributed by atoms with Crippen LogP contribution in [0.4, 0.5) is 6.01 Å². The first-order valence-electron chi connectivity index (χ1n) is 9.04. The molecule has 0 aliphatic heterocycles. The molecule has 1 N–H and O–H groups in total. The van der Waals surface area contributed by atoms with Crippen LogP contribution in [-0.2, 0) is 9.84 Å². The molecule has 0 spiro atoms. The summed E-state index contributed by atoms with van der Waals surface area (Å²) in [5.74, 6) is 0.692. The third-order valence-corrected chi connectivity index (χ3v) is 7.25. The normalized spacial score (nSPS) is 11.6. The highest BCUT2D eigenvalue weighted by Gasteiger charge is 2.20. The number of amides is 1. The molecule has 9 heteroatoms. The lowest BCUT2D eigenvalue weighted by atomic mass is 10.2. The van der Waals surface area contributed by atoms with Crippen molar-refractivity contribution < 1.29 is 17.6 Å². The first kappa shape index (κ1) is 21.1. The number of rotatable bonds is 7. The Labute approximate surface area is 173 Å². The minimum atomic E-state index is -3.35. The summed E-state index contributed by atoms with van der Waals surface area (Å²) < 4.78 is 30.0. The van der Waals surface area contributed by atoms with Gasteiger partial charge in [-0.05, 0) is 56.0 Å². The van der Waals surface area contributed by atoms with E-state index in [-0.39, 0.29) is 22.7 Å². The van der Waals surface area contributed by atoms with E-state index < -0.39 is 15.1 Å². The highest BCUT2D eigenvalue weighted by atomic mass is 32.2. The number of anilines is 1. The Balaban J connectivity index is 1.77. The van der Waals surface area contributed by atoms with Crippen molar-refractivity contribution in [3.63, 3.8) is 0 Å². The summed E-state index contributed by atoms with van der Waals surface area (Å²) >= 11 is 1.57. The van der Waals surface area contributed by atoms with E-state index in [2.05, 4.69) is 15.5 Å². The Morgan fingerprint density at radius 2 is 1.79 bits per heavy atom. The van der Waals surface area contributed by atoms with Crippen LogP contribution in [0.2, 0.25) is 0 Å². The van der Waals surface area contributed by atoms with Crippen molar-refractivity contribution in [1.29, 1.82) is 0 Å². The number of nitrogens with zero attached hydrogens (tertiary/aromatic N) is 2. The number of sulfone groups is 1. The Bertz CT molecular complexity index is 1110. The van der Waals surface area contributed by atoms with E-state index in [1.165, 1.54) is 12.1 Å². The fourth-order valence-corrected chi connectivity index (χ4v) is 4.41. The van der Waals surface area contributed by atoms with E-state index in [0.29, 0.717) is 11.1 Å². The van der Waals surface area contributed by atoms with Crippen LogP contribution in [0.3, 0.4) is 0 Å². The van der Waals surface area contributed by atoms with Gasteiger partial charge in [0.15, 0.2) is 9.84 Å². The fourth-order valence-electron chi connectivity index (χ4n) is 2.55. The average Bonchev–Trinajstić information content (AvgIpc) is 3.17. The topological polar surface area (TPSA) is 102 Å². The van der Waals surface area contributed by atoms with Gasteiger partial charge in [-0.1, -0.05) is 24.2 Å². The smallest absolute Gasteiger partial charge is 0.322 e. The van der Waals surface area contributed by atoms with Crippen molar-refractivity contribution in [2.24, 2.45) is 0 Å². The summed E-state index contributed by atoms with van der Waals surface area (Å²) in [5, 5.41) is 9.89. The van der Waals surface area contributed by atoms with Gasteiger partial charge in [-0.3, -0.25) is 10.1 Å². The van der Waals surface area contributed by atoms with Gasteiger partial charge in [0.1, 0.15) is 0 Å². The average molecular weight is 432 g/mol. The monoisotopic (exact) mass is 431 g/mol. The molecule has 1 heterocycles. The molecule has 0 bridgehead atoms. The molecule has 0 radical (unpaired) electrons. The van der Waals surface area contributed by atoms with Gasteiger partial charge >= 0.3 is 6.01 Å². The molecule has 0 fully saturated rings. The molecule has 0 saturated carbocycles. The van der Waals surface area contributed by atoms with Crippen LogP contribution in [0.15, 0.2) is 62.7 Å². The largest absolute Gasteiger partial charge is 0.403 e. The third kappa shape index (κ3) is 4.68. The molecule has 1 aromatic heterocycles. The second-order valence-corrected chi connectivity index (χ2v) is 10.2. The summed E-state index contributed by atoms with van der Waals surface area (Å²) in [6.07, 6.45) is 0. The molecule has 0 saturated heterocycles. The van der Waals surface area contributed by atoms with Gasteiger partial charge in [-0.2, -0.15) is 0 Å². The number of nitrogens with one attached hydrogen (secondary N) is 1. The molecule has 2 aromatic carbocycles. The fraction of sp³-hybridized carbons (Fsp3) is 0.250. The van der Waals surface area contributed by atoms with Gasteiger partial charge in [-0.25, -0.2) is 8.42 Å². The van der Waals surface area contributed by atoms with Crippen molar-refractivity contribution in [3.8, 4) is 11.5 Å². The summed E-state index contributed by atoms with van der Waals surface area (Å²) in [7, 11) is -3.35. The van der Waals surface area contributed by atoms with Crippen LogP contribution in [0.5, 0.6) is 0 Å². The molecule has 29 heavy (non-hydrogen) atoms. The predicted molar refractivity (Wildman–Crippen MR) is 113 cm³/mol. The first-order valence-corrected chi connectivity index (χ1v) is 11.6. The Morgan fingerprint density at radius 1 is 1.10 bits per heavy atom. The minimum absolute atomic E-state index is 0.0276. The van der Waals surface area contributed by atoms with Crippen molar-refractivity contribution in [2.45, 2.75) is 35.8 Å². The van der Waals surface area contributed by atoms with Crippen LogP contribution < -0.4 is 5.32 Å². The molecular formula is C20H21N3O4S2. The molecule has 0 aliphatic carbocycles. The van der Waals surface area contributed by atoms with E-state index in [1.807, 2.05) is 19.1 Å². The lowest BCUT2D eigenvalue weighted by Crippen LogP contribution is -2.13. The summed E-state index contributed by atoms with van der Waals surface area (Å²) in [5.41, 5.74) is 1.09. The van der Waals surface area contributed by atoms with Crippen LogP contribution in [-0.4, -0.2) is 35.5 Å². The second kappa shape index (κ2) is 8.79. The van der Waals surface area contributed by atoms with Gasteiger partial charge in [0, 0.05) is 10.5 Å². The molecular weight excluding hydrogens is 410 g/mol. The molecule has 3 aromatic rings. The molecule has 0 aliphatic rings. The Kier molecular flexibility index (Phi) is 6.39. The summed E-state index contributed by atoms with van der Waals surface area (Å²) in [6.45, 7) is 5.28. The summed E-state index contributed by atoms with van der Waals surface area (Å²) in [4.78, 5) is 13.7. The third-order valence-electron chi connectivity index (χ3n) is 4.13. The minimum Gasteiger partial charge on any atom is -0.403 e. The zero-order valence-electron chi connectivity index (χ0n) is 16.2. The quantitative estimate of drug-likeness (QED) is 0.557. The predicted octanol–water partition coefficient (Wildman–Crippen LogP) is 4.28. The van der Waals surface area contributed by atoms with Crippen LogP contribution in [0, 0.1) is 0 Å². The van der Waals surface area contributed by atoms with Crippen molar-refractivity contribution in [3.05, 3.63) is 54.1 Å². The Morgan fingerprint density at radius 3 is 2.45 bits per heavy atom. The number of hydrogen-bond acceptors (Lipinski definition) is 7. The van der Waals surface area contributed by atoms with Gasteiger partial charge in [-0.15, -0.1) is 16.9 Å². The molecule has 152 valence electrons. The maximum Gasteiger partial charge on any atom is 0.322 e. The second-order valence-electron chi connectivity index (χ2n) is 6.41. The molecule has 1 amide bonds. The zero-order chi connectivity index (χ0) is 21.0. The number of thioether (sulfide) groups is 1. The molecule has 3 rings (SSSR count). The first-order chi connectivity index (χ1) is 13.8. The maximum absolute atomic E-state index is 12.6. The maximum atomic E-state index is 12.6. The van der Waals surface area contributed by atoms with E-state index in [0.717, 1.165) is 10.6 Å². The van der Waals surface area contributed by atoms with E-state index >= 15 is 0 Å². The number of aromatic nitrogens is 2. The molecule has 7 nitrogen and oxygen atoms in total. The van der Waals surface area contributed by atoms with Gasteiger partial charge in [0.2, 0.25) is 5.89 Å². The van der Waals surface area contributed by atoms with Crippen molar-refractivity contribution in [2.75, 3.05) is 11.1 Å². The van der Waals surface area contributed by atoms with E-state index in [9.17, 15) is 13.2 Å². The van der Waals surface area contributed by atoms with E-state index in [4.69, 9.17) is 4.42 Å². The van der Waals surface area contributed by atoms with Crippen molar-refractivity contribution in [1.82, 2.24) is 10.2 Å². The number of benzene rings is 2. The Hall–Kier alpha value is -2.65. The lowest BCUT2D eigenvalue weighted by Gasteiger charge is -2.07. The zero-order valence-corrected chi connectivity index (χ0v) is 17.9. The summed E-state index contributed by atoms with van der Waals surface area (Å²) in [6, 6.07) is 13.5. The van der Waals surface area contributed by atoms with Crippen molar-refractivity contribution >= 4 is 33.5 Å². The van der Waals surface area contributed by atoms with Crippen LogP contribution >= 0.6 is 11.8 Å². The van der Waals surface area contributed by atoms with Gasteiger partial charge in [0.05, 0.1) is 15.7 Å². The molecule has 0 atom stereocenters. The highest BCUT2D eigenvalue weighted by molar-refractivity contribution is 7.99. The van der Waals surface area contributed by atoms with Crippen LogP contribution in [0.25, 0.3) is 11.5 Å². The standard InChI is InChI=1S/C20H21N3O4S2/c1-4-28-17-8-6-5-7-16(17)18(24)21-20-23-22-19(27-20)14-9-11-15(12-10-14)29(25,26)13(2)3/h5-13H,4H2,1-3H3,(H,21,23,24). The lowest BCUT2D eigenvalue weighted by molar-refractivity contribution is 0.102. The number of carbonyl (C=O) groups excluding carboxylic acids is 1. The SMILES string of the molecule is CCSc1ccccc1C(=O)Nc1nnc(-c2ccc(S(=O)(=O)C(C)C)cc2)o1. The molecule has 0 unspecified atom stereocenters. The number of carbonyl (C=O) groups is 1. The number of hydrogen-bond donors (Lipinski definition) is 1. The van der Waals surface area contributed by atoms with Gasteiger partial charge in [0.25, 0.3) is 5.91 Å². The van der Waals surface area contributed by atoms with E-state index in [1.54, 1.807) is 49.9 Å².